The van der Waals surface area contributed by atoms with Gasteiger partial charge in [-0.1, -0.05) is 19.3 Å². The average Bonchev–Trinajstić information content (AvgIpc) is 2.85. The number of hydrogen-bond acceptors (Lipinski definition) is 1. The fourth-order valence-electron chi connectivity index (χ4n) is 2.60. The van der Waals surface area contributed by atoms with Crippen LogP contribution in [0.25, 0.3) is 0 Å². The van der Waals surface area contributed by atoms with Crippen molar-refractivity contribution in [3.05, 3.63) is 13.3 Å². The molecule has 1 aliphatic heterocycles. The Balaban J connectivity index is 0.000000980. The van der Waals surface area contributed by atoms with Crippen LogP contribution in [0.15, 0.2) is 0 Å². The molecule has 2 rings (SSSR count). The summed E-state index contributed by atoms with van der Waals surface area (Å²) >= 11 is 0. The number of rotatable bonds is 1. The Morgan fingerprint density at radius 1 is 1.13 bits per heavy atom. The molecule has 0 aromatic heterocycles. The second-order valence-corrected chi connectivity index (χ2v) is 5.19. The van der Waals surface area contributed by atoms with E-state index in [2.05, 4.69) is 25.7 Å². The summed E-state index contributed by atoms with van der Waals surface area (Å²) in [4.78, 5) is 2.64. The van der Waals surface area contributed by atoms with Gasteiger partial charge in [0.1, 0.15) is 0 Å². The van der Waals surface area contributed by atoms with Crippen molar-refractivity contribution in [2.24, 2.45) is 5.41 Å². The predicted molar refractivity (Wildman–Crippen MR) is 62.9 cm³/mol. The van der Waals surface area contributed by atoms with Crippen molar-refractivity contribution in [1.82, 2.24) is 4.90 Å². The smallest absolute Gasteiger partial charge is 0.00375 e. The molecule has 1 spiro atoms. The van der Waals surface area contributed by atoms with Crippen LogP contribution in [0.1, 0.15) is 46.5 Å². The van der Waals surface area contributed by atoms with Crippen LogP contribution in [0.4, 0.5) is 0 Å². The minimum atomic E-state index is 0. The number of nitrogens with zero attached hydrogens (tertiary/aromatic N) is 1. The van der Waals surface area contributed by atoms with Crippen molar-refractivity contribution in [3.8, 4) is 0 Å². The average molecular weight is 457 g/mol. The maximum atomic E-state index is 2.64. The SMILES string of the molecule is C[C-]1CCN(C(C)C)CCC12CC2.[CH3-].[Lr]. The van der Waals surface area contributed by atoms with Crippen LogP contribution < -0.4 is 0 Å². The molecule has 15 heavy (non-hydrogen) atoms. The molecule has 99 valence electrons. The van der Waals surface area contributed by atoms with E-state index in [4.69, 9.17) is 0 Å². The molecule has 1 saturated heterocycles. The van der Waals surface area contributed by atoms with Crippen molar-refractivity contribution >= 4 is 0 Å². The van der Waals surface area contributed by atoms with Crippen molar-refractivity contribution in [2.45, 2.75) is 52.5 Å². The van der Waals surface area contributed by atoms with E-state index >= 15 is 0 Å². The molecule has 0 unspecified atom stereocenters. The van der Waals surface area contributed by atoms with E-state index in [9.17, 15) is 0 Å². The largest absolute Gasteiger partial charge is 0.358 e. The maximum Gasteiger partial charge on any atom is 0.00375 e. The first-order chi connectivity index (χ1) is 6.14. The Labute approximate surface area is 89.9 Å². The summed E-state index contributed by atoms with van der Waals surface area (Å²) in [7, 11) is 0. The standard InChI is InChI=1S/C12H22N.CH3.Lr/c1-10(2)13-8-4-11(3)12(5-6-12)7-9-13;;/h10H,4-9H2,1-3H3;1H3;/q2*-1;. The van der Waals surface area contributed by atoms with Crippen molar-refractivity contribution in [1.29, 1.82) is 0 Å². The Kier molecular flexibility index (Phi) is 4.33. The Hall–Kier alpha value is -1.04. The van der Waals surface area contributed by atoms with Gasteiger partial charge >= 0.3 is 0 Å². The normalized spacial score (nSPS) is 25.6. The summed E-state index contributed by atoms with van der Waals surface area (Å²) < 4.78 is 0. The van der Waals surface area contributed by atoms with E-state index in [1.54, 1.807) is 5.92 Å². The van der Waals surface area contributed by atoms with Crippen LogP contribution in [0.3, 0.4) is 0 Å². The molecule has 1 aliphatic carbocycles. The van der Waals surface area contributed by atoms with Crippen LogP contribution in [0.2, 0.25) is 0 Å². The van der Waals surface area contributed by atoms with Gasteiger partial charge in [-0.3, -0.25) is 0 Å². The first kappa shape index (κ1) is 14.0. The fraction of sp³-hybridized carbons (Fsp3) is 0.846. The molecule has 0 atom stereocenters. The molecule has 1 nitrogen and oxygen atoms in total. The van der Waals surface area contributed by atoms with Gasteiger partial charge in [0.25, 0.3) is 0 Å². The molecular weight excluding hydrogens is 432 g/mol. The van der Waals surface area contributed by atoms with Crippen LogP contribution in [0.5, 0.6) is 0 Å². The summed E-state index contributed by atoms with van der Waals surface area (Å²) in [5.74, 6) is 1.79. The molecule has 0 aromatic rings. The van der Waals surface area contributed by atoms with Gasteiger partial charge in [0.2, 0.25) is 0 Å². The first-order valence-electron chi connectivity index (χ1n) is 5.71. The molecule has 2 fully saturated rings. The topological polar surface area (TPSA) is 3.24 Å². The van der Waals surface area contributed by atoms with E-state index in [1.807, 2.05) is 0 Å². The maximum absolute atomic E-state index is 2.64. The summed E-state index contributed by atoms with van der Waals surface area (Å²) in [6.07, 6.45) is 5.73. The second-order valence-electron chi connectivity index (χ2n) is 5.19. The molecule has 1 radical (unpaired) electrons. The van der Waals surface area contributed by atoms with E-state index in [0.717, 1.165) is 6.04 Å². The van der Waals surface area contributed by atoms with Gasteiger partial charge in [0.05, 0.1) is 0 Å². The Morgan fingerprint density at radius 3 is 2.20 bits per heavy atom. The fourth-order valence-corrected chi connectivity index (χ4v) is 2.60. The zero-order valence-corrected chi connectivity index (χ0v) is 12.7. The monoisotopic (exact) mass is 457 g/mol. The van der Waals surface area contributed by atoms with E-state index in [1.165, 1.54) is 38.8 Å². The Morgan fingerprint density at radius 2 is 1.73 bits per heavy atom. The number of likely N-dealkylation sites (tertiary alicyclic amines) is 1. The van der Waals surface area contributed by atoms with Gasteiger partial charge < -0.3 is 18.2 Å². The van der Waals surface area contributed by atoms with Gasteiger partial charge in [-0.2, -0.15) is 18.8 Å². The second kappa shape index (κ2) is 4.65. The molecule has 0 N–H and O–H groups in total. The summed E-state index contributed by atoms with van der Waals surface area (Å²) in [5, 5.41) is 0. The molecule has 1 saturated carbocycles. The summed E-state index contributed by atoms with van der Waals surface area (Å²) in [6, 6.07) is 0.738. The van der Waals surface area contributed by atoms with Gasteiger partial charge in [-0.25, -0.2) is 0 Å². The third-order valence-corrected chi connectivity index (χ3v) is 4.14. The van der Waals surface area contributed by atoms with Crippen molar-refractivity contribution in [2.75, 3.05) is 13.1 Å². The van der Waals surface area contributed by atoms with E-state index < -0.39 is 0 Å². The third-order valence-electron chi connectivity index (χ3n) is 4.14. The quantitative estimate of drug-likeness (QED) is 0.547. The predicted octanol–water partition coefficient (Wildman–Crippen LogP) is 3.32. The minimum Gasteiger partial charge on any atom is -0.358 e. The molecule has 2 aliphatic rings. The van der Waals surface area contributed by atoms with Crippen LogP contribution >= 0.6 is 0 Å². The molecule has 0 aromatic carbocycles. The van der Waals surface area contributed by atoms with Gasteiger partial charge in [0.15, 0.2) is 0 Å². The molecule has 0 amide bonds. The summed E-state index contributed by atoms with van der Waals surface area (Å²) in [5.41, 5.74) is 0.712. The van der Waals surface area contributed by atoms with Crippen molar-refractivity contribution < 1.29 is 0 Å². The van der Waals surface area contributed by atoms with Gasteiger partial charge in [0, 0.05) is 6.04 Å². The molecule has 2 heteroatoms. The first-order valence-corrected chi connectivity index (χ1v) is 5.71. The Bertz CT molecular complexity index is 187. The van der Waals surface area contributed by atoms with Crippen LogP contribution in [-0.4, -0.2) is 24.0 Å². The zero-order valence-electron chi connectivity index (χ0n) is 10.5. The molecule has 1 heterocycles. The zero-order chi connectivity index (χ0) is 9.47. The van der Waals surface area contributed by atoms with E-state index in [0.29, 0.717) is 5.41 Å². The molecular formula is C13H25LrN-2. The van der Waals surface area contributed by atoms with Crippen LogP contribution in [0, 0.1) is 18.8 Å². The van der Waals surface area contributed by atoms with Gasteiger partial charge in [-0.15, -0.1) is 0 Å². The van der Waals surface area contributed by atoms with Crippen LogP contribution in [-0.2, 0) is 0 Å². The van der Waals surface area contributed by atoms with E-state index in [-0.39, 0.29) is 7.43 Å². The summed E-state index contributed by atoms with van der Waals surface area (Å²) in [6.45, 7) is 9.65. The molecule has 0 bridgehead atoms. The third kappa shape index (κ3) is 2.50. The van der Waals surface area contributed by atoms with Crippen molar-refractivity contribution in [3.63, 3.8) is 0 Å². The van der Waals surface area contributed by atoms with Gasteiger partial charge in [-0.05, 0) is 26.9 Å². The minimum absolute atomic E-state index is 0. The number of hydrogen-bond donors (Lipinski definition) is 0.